The molecule has 1 heterocycles. The van der Waals surface area contributed by atoms with Crippen LogP contribution in [-0.2, 0) is 24.2 Å². The molecular weight excluding hydrogens is 434 g/mol. The minimum Gasteiger partial charge on any atom is -0.481 e. The molecule has 1 aliphatic carbocycles. The van der Waals surface area contributed by atoms with Crippen molar-refractivity contribution in [2.45, 2.75) is 45.3 Å². The molecule has 1 aliphatic rings. The summed E-state index contributed by atoms with van der Waals surface area (Å²) in [6.07, 6.45) is 3.82. The standard InChI is InChI=1S/C22H22BrN3O3/c1-14(28-19-11-5-7-15-6-2-3-10-18(15)19)22(27)24-13-20-25-21(26-29-20)16-8-4-9-17(23)12-16/h4-5,7-9,11-12,14H,2-3,6,10,13H2,1H3,(H,24,27)/t14-/m1/s1. The monoisotopic (exact) mass is 455 g/mol. The number of benzene rings is 2. The van der Waals surface area contributed by atoms with Gasteiger partial charge in [-0.2, -0.15) is 4.98 Å². The number of nitrogens with zero attached hydrogens (tertiary/aromatic N) is 2. The van der Waals surface area contributed by atoms with Gasteiger partial charge in [-0.15, -0.1) is 0 Å². The van der Waals surface area contributed by atoms with E-state index in [0.29, 0.717) is 11.7 Å². The summed E-state index contributed by atoms with van der Waals surface area (Å²) in [5, 5.41) is 6.78. The van der Waals surface area contributed by atoms with Crippen LogP contribution in [0.3, 0.4) is 0 Å². The highest BCUT2D eigenvalue weighted by Gasteiger charge is 2.20. The van der Waals surface area contributed by atoms with Crippen LogP contribution in [-0.4, -0.2) is 22.2 Å². The van der Waals surface area contributed by atoms with E-state index in [4.69, 9.17) is 9.26 Å². The molecule has 2 aromatic carbocycles. The topological polar surface area (TPSA) is 77.2 Å². The van der Waals surface area contributed by atoms with Crippen molar-refractivity contribution in [1.82, 2.24) is 15.5 Å². The second-order valence-corrected chi connectivity index (χ2v) is 8.02. The van der Waals surface area contributed by atoms with Crippen LogP contribution in [0.25, 0.3) is 11.4 Å². The Morgan fingerprint density at radius 3 is 2.93 bits per heavy atom. The molecule has 4 rings (SSSR count). The molecule has 0 saturated carbocycles. The van der Waals surface area contributed by atoms with Crippen LogP contribution < -0.4 is 10.1 Å². The Morgan fingerprint density at radius 2 is 2.07 bits per heavy atom. The molecule has 1 amide bonds. The average Bonchev–Trinajstić information content (AvgIpc) is 3.21. The predicted octanol–water partition coefficient (Wildman–Crippen LogP) is 4.46. The molecule has 0 fully saturated rings. The van der Waals surface area contributed by atoms with Crippen LogP contribution in [0.15, 0.2) is 51.5 Å². The lowest BCUT2D eigenvalue weighted by molar-refractivity contribution is -0.127. The SMILES string of the molecule is C[C@@H](Oc1cccc2c1CCCC2)C(=O)NCc1nc(-c2cccc(Br)c2)no1. The lowest BCUT2D eigenvalue weighted by atomic mass is 9.91. The zero-order chi connectivity index (χ0) is 20.2. The van der Waals surface area contributed by atoms with Gasteiger partial charge in [-0.3, -0.25) is 4.79 Å². The third-order valence-corrected chi connectivity index (χ3v) is 5.48. The lowest BCUT2D eigenvalue weighted by Crippen LogP contribution is -2.36. The maximum absolute atomic E-state index is 12.5. The Bertz CT molecular complexity index is 1020. The van der Waals surface area contributed by atoms with E-state index in [0.717, 1.165) is 35.0 Å². The average molecular weight is 456 g/mol. The fourth-order valence-corrected chi connectivity index (χ4v) is 3.88. The van der Waals surface area contributed by atoms with Crippen molar-refractivity contribution in [2.75, 3.05) is 0 Å². The third-order valence-electron chi connectivity index (χ3n) is 4.99. The second-order valence-electron chi connectivity index (χ2n) is 7.10. The first-order chi connectivity index (χ1) is 14.1. The zero-order valence-electron chi connectivity index (χ0n) is 16.2. The Kier molecular flexibility index (Phi) is 5.94. The summed E-state index contributed by atoms with van der Waals surface area (Å²) in [6.45, 7) is 1.90. The van der Waals surface area contributed by atoms with Crippen LogP contribution in [0.1, 0.15) is 36.8 Å². The molecule has 1 N–H and O–H groups in total. The van der Waals surface area contributed by atoms with Gasteiger partial charge >= 0.3 is 0 Å². The molecular formula is C22H22BrN3O3. The first-order valence-corrected chi connectivity index (χ1v) is 10.5. The maximum atomic E-state index is 12.5. The smallest absolute Gasteiger partial charge is 0.261 e. The maximum Gasteiger partial charge on any atom is 0.261 e. The lowest BCUT2D eigenvalue weighted by Gasteiger charge is -2.21. The number of carbonyl (C=O) groups is 1. The largest absolute Gasteiger partial charge is 0.481 e. The normalized spacial score (nSPS) is 14.1. The molecule has 0 radical (unpaired) electrons. The second kappa shape index (κ2) is 8.78. The van der Waals surface area contributed by atoms with Gasteiger partial charge in [-0.05, 0) is 61.9 Å². The molecule has 1 atom stereocenters. The van der Waals surface area contributed by atoms with E-state index in [1.807, 2.05) is 36.4 Å². The van der Waals surface area contributed by atoms with E-state index in [2.05, 4.69) is 37.5 Å². The van der Waals surface area contributed by atoms with E-state index in [-0.39, 0.29) is 12.5 Å². The summed E-state index contributed by atoms with van der Waals surface area (Å²) in [5.41, 5.74) is 3.40. The Hall–Kier alpha value is -2.67. The fraction of sp³-hybridized carbons (Fsp3) is 0.318. The van der Waals surface area contributed by atoms with Crippen molar-refractivity contribution in [3.63, 3.8) is 0 Å². The summed E-state index contributed by atoms with van der Waals surface area (Å²) in [7, 11) is 0. The van der Waals surface area contributed by atoms with Crippen LogP contribution in [0.2, 0.25) is 0 Å². The van der Waals surface area contributed by atoms with Gasteiger partial charge in [0.25, 0.3) is 5.91 Å². The number of fused-ring (bicyclic) bond motifs is 1. The van der Waals surface area contributed by atoms with Gasteiger partial charge in [0.1, 0.15) is 5.75 Å². The van der Waals surface area contributed by atoms with Gasteiger partial charge in [0.2, 0.25) is 11.7 Å². The number of ether oxygens (including phenoxy) is 1. The number of carbonyl (C=O) groups excluding carboxylic acids is 1. The van der Waals surface area contributed by atoms with Crippen molar-refractivity contribution in [1.29, 1.82) is 0 Å². The Labute approximate surface area is 177 Å². The fourth-order valence-electron chi connectivity index (χ4n) is 3.48. The van der Waals surface area contributed by atoms with Crippen molar-refractivity contribution in [2.24, 2.45) is 0 Å². The molecule has 0 bridgehead atoms. The molecule has 0 unspecified atom stereocenters. The summed E-state index contributed by atoms with van der Waals surface area (Å²) in [5.74, 6) is 1.41. The molecule has 1 aromatic heterocycles. The van der Waals surface area contributed by atoms with Gasteiger partial charge in [0.05, 0.1) is 6.54 Å². The van der Waals surface area contributed by atoms with Gasteiger partial charge in [-0.25, -0.2) is 0 Å². The van der Waals surface area contributed by atoms with Crippen molar-refractivity contribution in [3.05, 3.63) is 64.0 Å². The summed E-state index contributed by atoms with van der Waals surface area (Å²) in [4.78, 5) is 16.8. The van der Waals surface area contributed by atoms with Gasteiger partial charge in [-0.1, -0.05) is 45.4 Å². The van der Waals surface area contributed by atoms with Crippen LogP contribution in [0, 0.1) is 0 Å². The minimum atomic E-state index is -0.615. The molecule has 150 valence electrons. The molecule has 6 nitrogen and oxygen atoms in total. The van der Waals surface area contributed by atoms with Crippen molar-refractivity contribution in [3.8, 4) is 17.1 Å². The minimum absolute atomic E-state index is 0.153. The van der Waals surface area contributed by atoms with Crippen LogP contribution >= 0.6 is 15.9 Å². The number of halogens is 1. The molecule has 7 heteroatoms. The highest BCUT2D eigenvalue weighted by Crippen LogP contribution is 2.30. The van der Waals surface area contributed by atoms with Crippen molar-refractivity contribution < 1.29 is 14.1 Å². The number of hydrogen-bond donors (Lipinski definition) is 1. The molecule has 0 saturated heterocycles. The first-order valence-electron chi connectivity index (χ1n) is 9.74. The number of amides is 1. The quantitative estimate of drug-likeness (QED) is 0.593. The van der Waals surface area contributed by atoms with E-state index in [1.54, 1.807) is 6.92 Å². The summed E-state index contributed by atoms with van der Waals surface area (Å²) in [6, 6.07) is 13.7. The molecule has 3 aromatic rings. The molecule has 0 spiro atoms. The number of hydrogen-bond acceptors (Lipinski definition) is 5. The van der Waals surface area contributed by atoms with E-state index >= 15 is 0 Å². The molecule has 0 aliphatic heterocycles. The number of rotatable bonds is 6. The first kappa shape index (κ1) is 19.6. The summed E-state index contributed by atoms with van der Waals surface area (Å²) >= 11 is 3.42. The Morgan fingerprint density at radius 1 is 1.24 bits per heavy atom. The van der Waals surface area contributed by atoms with E-state index in [1.165, 1.54) is 17.5 Å². The predicted molar refractivity (Wildman–Crippen MR) is 112 cm³/mol. The van der Waals surface area contributed by atoms with Crippen LogP contribution in [0.4, 0.5) is 0 Å². The number of nitrogens with one attached hydrogen (secondary N) is 1. The Balaban J connectivity index is 1.35. The third kappa shape index (κ3) is 4.67. The zero-order valence-corrected chi connectivity index (χ0v) is 17.7. The van der Waals surface area contributed by atoms with E-state index < -0.39 is 6.10 Å². The van der Waals surface area contributed by atoms with Gasteiger partial charge < -0.3 is 14.6 Å². The number of aryl methyl sites for hydroxylation is 1. The van der Waals surface area contributed by atoms with Gasteiger partial charge in [0, 0.05) is 10.0 Å². The highest BCUT2D eigenvalue weighted by molar-refractivity contribution is 9.10. The molecule has 29 heavy (non-hydrogen) atoms. The van der Waals surface area contributed by atoms with Crippen molar-refractivity contribution >= 4 is 21.8 Å². The van der Waals surface area contributed by atoms with E-state index in [9.17, 15) is 4.79 Å². The number of aromatic nitrogens is 2. The van der Waals surface area contributed by atoms with Crippen LogP contribution in [0.5, 0.6) is 5.75 Å². The summed E-state index contributed by atoms with van der Waals surface area (Å²) < 4.78 is 12.2. The van der Waals surface area contributed by atoms with Gasteiger partial charge in [0.15, 0.2) is 6.10 Å². The highest BCUT2D eigenvalue weighted by atomic mass is 79.9.